The number of hydrogen-bond donors (Lipinski definition) is 1. The lowest BCUT2D eigenvalue weighted by atomic mass is 9.94. The molecule has 1 amide bonds. The summed E-state index contributed by atoms with van der Waals surface area (Å²) in [4.78, 5) is 17.0. The standard InChI is InChI=1S/C20H24ClN3O/c1-15(19(22)16-6-3-2-4-7-16)20(25)24-12-10-23(11-13-24)18-9-5-8-17(21)14-18/h2-9,14-15,19H,10-13,22H2,1H3. The average molecular weight is 358 g/mol. The molecule has 1 saturated heterocycles. The van der Waals surface area contributed by atoms with E-state index in [0.717, 1.165) is 29.4 Å². The molecule has 2 atom stereocenters. The predicted molar refractivity (Wildman–Crippen MR) is 103 cm³/mol. The average Bonchev–Trinajstić information content (AvgIpc) is 2.67. The zero-order valence-electron chi connectivity index (χ0n) is 14.4. The Kier molecular flexibility index (Phi) is 5.61. The van der Waals surface area contributed by atoms with E-state index < -0.39 is 0 Å². The second kappa shape index (κ2) is 7.89. The van der Waals surface area contributed by atoms with Gasteiger partial charge in [0.25, 0.3) is 0 Å². The second-order valence-corrected chi connectivity index (χ2v) is 6.95. The minimum absolute atomic E-state index is 0.127. The Labute approximate surface area is 154 Å². The maximum Gasteiger partial charge on any atom is 0.227 e. The Morgan fingerprint density at radius 2 is 1.72 bits per heavy atom. The van der Waals surface area contributed by atoms with Crippen molar-refractivity contribution in [3.63, 3.8) is 0 Å². The van der Waals surface area contributed by atoms with E-state index >= 15 is 0 Å². The van der Waals surface area contributed by atoms with Crippen molar-refractivity contribution in [1.29, 1.82) is 0 Å². The van der Waals surface area contributed by atoms with Gasteiger partial charge in [-0.3, -0.25) is 4.79 Å². The molecule has 2 aromatic carbocycles. The van der Waals surface area contributed by atoms with Crippen LogP contribution in [0.4, 0.5) is 5.69 Å². The summed E-state index contributed by atoms with van der Waals surface area (Å²) in [6, 6.07) is 17.4. The van der Waals surface area contributed by atoms with E-state index in [4.69, 9.17) is 17.3 Å². The number of nitrogens with two attached hydrogens (primary N) is 1. The van der Waals surface area contributed by atoms with Crippen LogP contribution >= 0.6 is 11.6 Å². The van der Waals surface area contributed by atoms with Gasteiger partial charge in [-0.05, 0) is 23.8 Å². The Hall–Kier alpha value is -2.04. The quantitative estimate of drug-likeness (QED) is 0.913. The Balaban J connectivity index is 1.59. The molecule has 132 valence electrons. The van der Waals surface area contributed by atoms with Crippen molar-refractivity contribution < 1.29 is 4.79 Å². The van der Waals surface area contributed by atoms with Gasteiger partial charge in [0, 0.05) is 42.9 Å². The van der Waals surface area contributed by atoms with Gasteiger partial charge in [-0.2, -0.15) is 0 Å². The topological polar surface area (TPSA) is 49.6 Å². The molecular weight excluding hydrogens is 334 g/mol. The van der Waals surface area contributed by atoms with E-state index in [1.165, 1.54) is 0 Å². The molecule has 0 saturated carbocycles. The van der Waals surface area contributed by atoms with Crippen LogP contribution in [0.25, 0.3) is 0 Å². The normalized spacial score (nSPS) is 17.2. The minimum atomic E-state index is -0.278. The fraction of sp³-hybridized carbons (Fsp3) is 0.350. The van der Waals surface area contributed by atoms with Gasteiger partial charge in [-0.15, -0.1) is 0 Å². The van der Waals surface area contributed by atoms with Crippen molar-refractivity contribution in [2.75, 3.05) is 31.1 Å². The van der Waals surface area contributed by atoms with Crippen LogP contribution in [0.5, 0.6) is 0 Å². The third-order valence-electron chi connectivity index (χ3n) is 4.88. The summed E-state index contributed by atoms with van der Waals surface area (Å²) in [6.45, 7) is 4.94. The van der Waals surface area contributed by atoms with Crippen LogP contribution in [0.3, 0.4) is 0 Å². The first kappa shape index (κ1) is 17.8. The van der Waals surface area contributed by atoms with Crippen LogP contribution in [0.15, 0.2) is 54.6 Å². The van der Waals surface area contributed by atoms with Gasteiger partial charge in [-0.25, -0.2) is 0 Å². The molecule has 1 heterocycles. The van der Waals surface area contributed by atoms with Crippen LogP contribution in [-0.2, 0) is 4.79 Å². The van der Waals surface area contributed by atoms with Gasteiger partial charge in [-0.1, -0.05) is 54.9 Å². The maximum atomic E-state index is 12.8. The third-order valence-corrected chi connectivity index (χ3v) is 5.11. The number of hydrogen-bond acceptors (Lipinski definition) is 3. The summed E-state index contributed by atoms with van der Waals surface area (Å²) in [7, 11) is 0. The first-order valence-corrected chi connectivity index (χ1v) is 9.04. The van der Waals surface area contributed by atoms with E-state index in [0.29, 0.717) is 13.1 Å². The van der Waals surface area contributed by atoms with E-state index in [1.807, 2.05) is 60.4 Å². The van der Waals surface area contributed by atoms with Gasteiger partial charge < -0.3 is 15.5 Å². The largest absolute Gasteiger partial charge is 0.368 e. The molecule has 0 bridgehead atoms. The molecular formula is C20H24ClN3O. The SMILES string of the molecule is CC(C(=O)N1CCN(c2cccc(Cl)c2)CC1)C(N)c1ccccc1. The van der Waals surface area contributed by atoms with Crippen LogP contribution in [0.2, 0.25) is 5.02 Å². The molecule has 1 aliphatic heterocycles. The number of piperazine rings is 1. The zero-order valence-corrected chi connectivity index (χ0v) is 15.2. The van der Waals surface area contributed by atoms with Crippen molar-refractivity contribution in [3.05, 3.63) is 65.2 Å². The summed E-state index contributed by atoms with van der Waals surface area (Å²) in [5.41, 5.74) is 8.41. The molecule has 3 rings (SSSR count). The molecule has 1 aliphatic rings. The molecule has 25 heavy (non-hydrogen) atoms. The van der Waals surface area contributed by atoms with Crippen molar-refractivity contribution in [1.82, 2.24) is 4.90 Å². The first-order valence-electron chi connectivity index (χ1n) is 8.66. The Bertz CT molecular complexity index is 714. The number of halogens is 1. The lowest BCUT2D eigenvalue weighted by Gasteiger charge is -2.38. The van der Waals surface area contributed by atoms with E-state index in [9.17, 15) is 4.79 Å². The molecule has 4 nitrogen and oxygen atoms in total. The molecule has 1 fully saturated rings. The van der Waals surface area contributed by atoms with Gasteiger partial charge in [0.15, 0.2) is 0 Å². The maximum absolute atomic E-state index is 12.8. The summed E-state index contributed by atoms with van der Waals surface area (Å²) >= 11 is 6.07. The monoisotopic (exact) mass is 357 g/mol. The number of amides is 1. The Morgan fingerprint density at radius 3 is 2.36 bits per heavy atom. The smallest absolute Gasteiger partial charge is 0.227 e. The van der Waals surface area contributed by atoms with Gasteiger partial charge >= 0.3 is 0 Å². The van der Waals surface area contributed by atoms with E-state index in [-0.39, 0.29) is 17.9 Å². The molecule has 0 radical (unpaired) electrons. The fourth-order valence-corrected chi connectivity index (χ4v) is 3.45. The molecule has 2 aromatic rings. The zero-order chi connectivity index (χ0) is 17.8. The predicted octanol–water partition coefficient (Wildman–Crippen LogP) is 3.32. The number of carbonyl (C=O) groups is 1. The highest BCUT2D eigenvalue weighted by molar-refractivity contribution is 6.30. The summed E-state index contributed by atoms with van der Waals surface area (Å²) in [6.07, 6.45) is 0. The molecule has 2 N–H and O–H groups in total. The number of rotatable bonds is 4. The van der Waals surface area contributed by atoms with Crippen molar-refractivity contribution in [2.45, 2.75) is 13.0 Å². The van der Waals surface area contributed by atoms with Crippen molar-refractivity contribution in [3.8, 4) is 0 Å². The lowest BCUT2D eigenvalue weighted by Crippen LogP contribution is -2.51. The molecule has 0 aromatic heterocycles. The highest BCUT2D eigenvalue weighted by Gasteiger charge is 2.29. The fourth-order valence-electron chi connectivity index (χ4n) is 3.26. The Morgan fingerprint density at radius 1 is 1.04 bits per heavy atom. The first-order chi connectivity index (χ1) is 12.1. The molecule has 0 aliphatic carbocycles. The van der Waals surface area contributed by atoms with Crippen LogP contribution in [0.1, 0.15) is 18.5 Å². The minimum Gasteiger partial charge on any atom is -0.368 e. The van der Waals surface area contributed by atoms with Gasteiger partial charge in [0.2, 0.25) is 5.91 Å². The molecule has 5 heteroatoms. The number of nitrogens with zero attached hydrogens (tertiary/aromatic N) is 2. The van der Waals surface area contributed by atoms with Crippen molar-refractivity contribution >= 4 is 23.2 Å². The number of anilines is 1. The van der Waals surface area contributed by atoms with E-state index in [1.54, 1.807) is 0 Å². The number of benzene rings is 2. The van der Waals surface area contributed by atoms with Crippen LogP contribution in [-0.4, -0.2) is 37.0 Å². The third kappa shape index (κ3) is 4.14. The van der Waals surface area contributed by atoms with E-state index in [2.05, 4.69) is 11.0 Å². The van der Waals surface area contributed by atoms with Crippen LogP contribution < -0.4 is 10.6 Å². The highest BCUT2D eigenvalue weighted by Crippen LogP contribution is 2.24. The van der Waals surface area contributed by atoms with Crippen molar-refractivity contribution in [2.24, 2.45) is 11.7 Å². The molecule has 2 unspecified atom stereocenters. The van der Waals surface area contributed by atoms with Crippen LogP contribution in [0, 0.1) is 5.92 Å². The summed E-state index contributed by atoms with van der Waals surface area (Å²) < 4.78 is 0. The summed E-state index contributed by atoms with van der Waals surface area (Å²) in [5, 5.41) is 0.735. The number of carbonyl (C=O) groups excluding carboxylic acids is 1. The van der Waals surface area contributed by atoms with Gasteiger partial charge in [0.05, 0.1) is 5.92 Å². The second-order valence-electron chi connectivity index (χ2n) is 6.52. The lowest BCUT2D eigenvalue weighted by molar-refractivity contribution is -0.136. The van der Waals surface area contributed by atoms with Gasteiger partial charge in [0.1, 0.15) is 0 Å². The highest BCUT2D eigenvalue weighted by atomic mass is 35.5. The molecule has 0 spiro atoms. The summed E-state index contributed by atoms with van der Waals surface area (Å²) in [5.74, 6) is -0.109.